The van der Waals surface area contributed by atoms with Crippen molar-refractivity contribution < 1.29 is 38.9 Å². The number of carboxylic acid groups (broad SMARTS) is 2. The first-order valence-corrected chi connectivity index (χ1v) is 6.87. The smallest absolute Gasteiger partial charge is 0.331 e. The zero-order chi connectivity index (χ0) is 16.8. The third kappa shape index (κ3) is 14.0. The third-order valence-electron chi connectivity index (χ3n) is 2.41. The van der Waals surface area contributed by atoms with Gasteiger partial charge in [-0.3, -0.25) is 9.59 Å². The lowest BCUT2D eigenvalue weighted by molar-refractivity contribution is -0.142. The van der Waals surface area contributed by atoms with Crippen molar-refractivity contribution in [1.82, 2.24) is 0 Å². The second kappa shape index (κ2) is 12.4. The minimum absolute atomic E-state index is 0.0628. The van der Waals surface area contributed by atoms with Gasteiger partial charge >= 0.3 is 23.9 Å². The number of carbonyl (C=O) groups is 4. The minimum atomic E-state index is -0.870. The van der Waals surface area contributed by atoms with E-state index in [9.17, 15) is 19.2 Å². The number of hydrogen-bond donors (Lipinski definition) is 2. The molecule has 0 saturated heterocycles. The van der Waals surface area contributed by atoms with Crippen LogP contribution in [0.4, 0.5) is 0 Å². The molecule has 1 aliphatic rings. The van der Waals surface area contributed by atoms with Crippen LogP contribution in [0.1, 0.15) is 38.5 Å². The van der Waals surface area contributed by atoms with E-state index in [0.29, 0.717) is 26.1 Å². The highest BCUT2D eigenvalue weighted by Gasteiger charge is 2.03. The van der Waals surface area contributed by atoms with Gasteiger partial charge in [0.1, 0.15) is 0 Å². The second-order valence-electron chi connectivity index (χ2n) is 4.37. The summed E-state index contributed by atoms with van der Waals surface area (Å²) in [5.74, 6) is -2.72. The number of carboxylic acids is 2. The Hall–Kier alpha value is -2.38. The standard InChI is InChI=1S/C8H10O4.C6H10O4/c9-7-3-4-8(10)12-6-2-1-5-11-7;7-5(8)3-1-2-4-6(9)10/h3-4H,1-2,5-6H2;1-4H2,(H,7,8)(H,9,10)/b4-3-;. The summed E-state index contributed by atoms with van der Waals surface area (Å²) in [7, 11) is 0. The maximum Gasteiger partial charge on any atom is 0.331 e. The van der Waals surface area contributed by atoms with Crippen molar-refractivity contribution in [3.8, 4) is 0 Å². The van der Waals surface area contributed by atoms with Crippen molar-refractivity contribution in [3.63, 3.8) is 0 Å². The maximum absolute atomic E-state index is 10.7. The van der Waals surface area contributed by atoms with Crippen LogP contribution in [0.25, 0.3) is 0 Å². The molecule has 124 valence electrons. The number of hydrogen-bond acceptors (Lipinski definition) is 6. The number of cyclic esters (lactones) is 2. The highest BCUT2D eigenvalue weighted by atomic mass is 16.5. The largest absolute Gasteiger partial charge is 0.481 e. The Bertz CT molecular complexity index is 375. The Kier molecular flexibility index (Phi) is 11.0. The molecule has 0 amide bonds. The topological polar surface area (TPSA) is 127 Å². The van der Waals surface area contributed by atoms with Crippen LogP contribution >= 0.6 is 0 Å². The lowest BCUT2D eigenvalue weighted by atomic mass is 10.2. The van der Waals surface area contributed by atoms with Crippen molar-refractivity contribution >= 4 is 23.9 Å². The van der Waals surface area contributed by atoms with E-state index in [1.165, 1.54) is 0 Å². The Morgan fingerprint density at radius 3 is 1.55 bits per heavy atom. The molecule has 0 spiro atoms. The molecule has 8 heteroatoms. The van der Waals surface area contributed by atoms with Gasteiger partial charge in [-0.1, -0.05) is 0 Å². The zero-order valence-corrected chi connectivity index (χ0v) is 12.2. The summed E-state index contributed by atoms with van der Waals surface area (Å²) in [6, 6.07) is 0. The molecular formula is C14H20O8. The van der Waals surface area contributed by atoms with Crippen LogP contribution in [-0.2, 0) is 28.7 Å². The summed E-state index contributed by atoms with van der Waals surface area (Å²) in [6.07, 6.45) is 4.63. The molecule has 8 nitrogen and oxygen atoms in total. The van der Waals surface area contributed by atoms with E-state index in [1.54, 1.807) is 0 Å². The van der Waals surface area contributed by atoms with Crippen molar-refractivity contribution in [2.75, 3.05) is 13.2 Å². The van der Waals surface area contributed by atoms with E-state index in [4.69, 9.17) is 19.7 Å². The van der Waals surface area contributed by atoms with Gasteiger partial charge in [-0.05, 0) is 25.7 Å². The van der Waals surface area contributed by atoms with Crippen LogP contribution < -0.4 is 0 Å². The maximum atomic E-state index is 10.7. The molecule has 0 aromatic heterocycles. The predicted octanol–water partition coefficient (Wildman–Crippen LogP) is 1.14. The van der Waals surface area contributed by atoms with Crippen LogP contribution in [0.3, 0.4) is 0 Å². The van der Waals surface area contributed by atoms with Crippen molar-refractivity contribution in [3.05, 3.63) is 12.2 Å². The third-order valence-corrected chi connectivity index (χ3v) is 2.41. The van der Waals surface area contributed by atoms with Crippen molar-refractivity contribution in [1.29, 1.82) is 0 Å². The minimum Gasteiger partial charge on any atom is -0.481 e. The Morgan fingerprint density at radius 2 is 1.23 bits per heavy atom. The van der Waals surface area contributed by atoms with Gasteiger partial charge in [-0.15, -0.1) is 0 Å². The predicted molar refractivity (Wildman–Crippen MR) is 74.0 cm³/mol. The number of rotatable bonds is 5. The molecule has 0 saturated carbocycles. The molecule has 1 rings (SSSR count). The molecule has 0 atom stereocenters. The van der Waals surface area contributed by atoms with Gasteiger partial charge in [-0.2, -0.15) is 0 Å². The molecule has 0 unspecified atom stereocenters. The van der Waals surface area contributed by atoms with Gasteiger partial charge in [0.25, 0.3) is 0 Å². The molecule has 22 heavy (non-hydrogen) atoms. The van der Waals surface area contributed by atoms with Gasteiger partial charge in [0.05, 0.1) is 13.2 Å². The van der Waals surface area contributed by atoms with E-state index in [2.05, 4.69) is 0 Å². The van der Waals surface area contributed by atoms with E-state index >= 15 is 0 Å². The van der Waals surface area contributed by atoms with E-state index in [1.807, 2.05) is 0 Å². The Morgan fingerprint density at radius 1 is 0.864 bits per heavy atom. The quantitative estimate of drug-likeness (QED) is 0.571. The van der Waals surface area contributed by atoms with Gasteiger partial charge in [0.15, 0.2) is 0 Å². The summed E-state index contributed by atoms with van der Waals surface area (Å²) in [6.45, 7) is 0.779. The van der Waals surface area contributed by atoms with Crippen LogP contribution in [-0.4, -0.2) is 47.3 Å². The first kappa shape index (κ1) is 19.6. The lowest BCUT2D eigenvalue weighted by Gasteiger charge is -2.05. The first-order valence-electron chi connectivity index (χ1n) is 6.87. The molecule has 0 aromatic rings. The fourth-order valence-electron chi connectivity index (χ4n) is 1.33. The summed E-state index contributed by atoms with van der Waals surface area (Å²) in [5, 5.41) is 16.3. The van der Waals surface area contributed by atoms with Crippen molar-refractivity contribution in [2.24, 2.45) is 0 Å². The summed E-state index contributed by atoms with van der Waals surface area (Å²) < 4.78 is 9.47. The second-order valence-corrected chi connectivity index (χ2v) is 4.37. The lowest BCUT2D eigenvalue weighted by Crippen LogP contribution is -2.09. The fourth-order valence-corrected chi connectivity index (χ4v) is 1.33. The molecule has 0 fully saturated rings. The molecule has 0 bridgehead atoms. The average Bonchev–Trinajstić information content (AvgIpc) is 2.45. The molecule has 2 N–H and O–H groups in total. The number of unbranched alkanes of at least 4 members (excludes halogenated alkanes) is 1. The summed E-state index contributed by atoms with van der Waals surface area (Å²) >= 11 is 0. The van der Waals surface area contributed by atoms with Crippen LogP contribution in [0, 0.1) is 0 Å². The molecule has 0 aromatic carbocycles. The van der Waals surface area contributed by atoms with E-state index in [-0.39, 0.29) is 12.8 Å². The van der Waals surface area contributed by atoms with Gasteiger partial charge in [-0.25, -0.2) is 9.59 Å². The Balaban J connectivity index is 0.000000409. The SMILES string of the molecule is O=C(O)CCCCC(=O)O.O=C1/C=C\C(=O)OCCCCO1. The molecule has 0 radical (unpaired) electrons. The normalized spacial score (nSPS) is 16.4. The molecular weight excluding hydrogens is 296 g/mol. The average molecular weight is 316 g/mol. The van der Waals surface area contributed by atoms with Gasteiger partial charge in [0.2, 0.25) is 0 Å². The van der Waals surface area contributed by atoms with Gasteiger partial charge < -0.3 is 19.7 Å². The number of esters is 2. The number of aliphatic carboxylic acids is 2. The molecule has 1 aliphatic heterocycles. The van der Waals surface area contributed by atoms with E-state index in [0.717, 1.165) is 25.0 Å². The van der Waals surface area contributed by atoms with Crippen molar-refractivity contribution in [2.45, 2.75) is 38.5 Å². The first-order chi connectivity index (χ1) is 10.4. The van der Waals surface area contributed by atoms with E-state index < -0.39 is 23.9 Å². The number of ether oxygens (including phenoxy) is 2. The van der Waals surface area contributed by atoms with Crippen LogP contribution in [0.15, 0.2) is 12.2 Å². The highest BCUT2D eigenvalue weighted by molar-refractivity contribution is 5.91. The Labute approximate surface area is 127 Å². The van der Waals surface area contributed by atoms with Gasteiger partial charge in [0, 0.05) is 25.0 Å². The molecule has 0 aliphatic carbocycles. The van der Waals surface area contributed by atoms with Crippen LogP contribution in [0.2, 0.25) is 0 Å². The summed E-state index contributed by atoms with van der Waals surface area (Å²) in [5.41, 5.74) is 0. The fraction of sp³-hybridized carbons (Fsp3) is 0.571. The molecule has 1 heterocycles. The summed E-state index contributed by atoms with van der Waals surface area (Å²) in [4.78, 5) is 41.3. The highest BCUT2D eigenvalue weighted by Crippen LogP contribution is 1.99. The number of carbonyl (C=O) groups excluding carboxylic acids is 2. The van der Waals surface area contributed by atoms with Crippen LogP contribution in [0.5, 0.6) is 0 Å². The zero-order valence-electron chi connectivity index (χ0n) is 12.2. The monoisotopic (exact) mass is 316 g/mol.